The SMILES string of the molecule is COCCNC(=S)NCCc1nccn1C. The van der Waals surface area contributed by atoms with Crippen molar-refractivity contribution >= 4 is 17.3 Å². The molecule has 0 bridgehead atoms. The first-order chi connectivity index (χ1) is 7.74. The van der Waals surface area contributed by atoms with Crippen LogP contribution in [0.2, 0.25) is 0 Å². The highest BCUT2D eigenvalue weighted by molar-refractivity contribution is 7.80. The maximum Gasteiger partial charge on any atom is 0.166 e. The highest BCUT2D eigenvalue weighted by Gasteiger charge is 1.99. The number of ether oxygens (including phenoxy) is 1. The molecule has 0 aliphatic carbocycles. The Labute approximate surface area is 101 Å². The minimum Gasteiger partial charge on any atom is -0.383 e. The van der Waals surface area contributed by atoms with Gasteiger partial charge < -0.3 is 19.9 Å². The maximum absolute atomic E-state index is 5.09. The highest BCUT2D eigenvalue weighted by atomic mass is 32.1. The van der Waals surface area contributed by atoms with Crippen LogP contribution in [0.3, 0.4) is 0 Å². The summed E-state index contributed by atoms with van der Waals surface area (Å²) in [6, 6.07) is 0. The predicted molar refractivity (Wildman–Crippen MR) is 67.4 cm³/mol. The van der Waals surface area contributed by atoms with Crippen LogP contribution in [0.15, 0.2) is 12.4 Å². The summed E-state index contributed by atoms with van der Waals surface area (Å²) >= 11 is 5.09. The quantitative estimate of drug-likeness (QED) is 0.546. The van der Waals surface area contributed by atoms with Crippen molar-refractivity contribution in [3.8, 4) is 0 Å². The lowest BCUT2D eigenvalue weighted by molar-refractivity contribution is 0.204. The van der Waals surface area contributed by atoms with E-state index >= 15 is 0 Å². The van der Waals surface area contributed by atoms with Crippen LogP contribution in [0.1, 0.15) is 5.82 Å². The van der Waals surface area contributed by atoms with Crippen molar-refractivity contribution < 1.29 is 4.74 Å². The van der Waals surface area contributed by atoms with Crippen molar-refractivity contribution in [3.05, 3.63) is 18.2 Å². The number of hydrogen-bond donors (Lipinski definition) is 2. The van der Waals surface area contributed by atoms with Gasteiger partial charge in [0.1, 0.15) is 5.82 Å². The van der Waals surface area contributed by atoms with Crippen molar-refractivity contribution in [2.45, 2.75) is 6.42 Å². The lowest BCUT2D eigenvalue weighted by Crippen LogP contribution is -2.38. The lowest BCUT2D eigenvalue weighted by atomic mass is 10.4. The Morgan fingerprint density at radius 3 is 2.88 bits per heavy atom. The van der Waals surface area contributed by atoms with Crippen LogP contribution in [0.5, 0.6) is 0 Å². The maximum atomic E-state index is 5.09. The molecule has 2 N–H and O–H groups in total. The summed E-state index contributed by atoms with van der Waals surface area (Å²) in [7, 11) is 3.65. The molecule has 0 radical (unpaired) electrons. The summed E-state index contributed by atoms with van der Waals surface area (Å²) < 4.78 is 6.91. The van der Waals surface area contributed by atoms with Gasteiger partial charge in [-0.05, 0) is 12.2 Å². The fraction of sp³-hybridized carbons (Fsp3) is 0.600. The minimum absolute atomic E-state index is 0.654. The second-order valence-corrected chi connectivity index (χ2v) is 3.79. The van der Waals surface area contributed by atoms with E-state index in [-0.39, 0.29) is 0 Å². The van der Waals surface area contributed by atoms with Crippen LogP contribution in [-0.4, -0.2) is 41.5 Å². The highest BCUT2D eigenvalue weighted by Crippen LogP contribution is 1.93. The number of methoxy groups -OCH3 is 1. The summed E-state index contributed by atoms with van der Waals surface area (Å²) in [4.78, 5) is 4.23. The molecular weight excluding hydrogens is 224 g/mol. The summed E-state index contributed by atoms with van der Waals surface area (Å²) in [5.41, 5.74) is 0. The fourth-order valence-electron chi connectivity index (χ4n) is 1.25. The number of hydrogen-bond acceptors (Lipinski definition) is 3. The van der Waals surface area contributed by atoms with E-state index < -0.39 is 0 Å². The Kier molecular flexibility index (Phi) is 5.81. The topological polar surface area (TPSA) is 51.1 Å². The predicted octanol–water partition coefficient (Wildman–Crippen LogP) is 0.0731. The van der Waals surface area contributed by atoms with Gasteiger partial charge in [0.05, 0.1) is 6.61 Å². The van der Waals surface area contributed by atoms with Crippen molar-refractivity contribution in [1.29, 1.82) is 0 Å². The Morgan fingerprint density at radius 2 is 2.25 bits per heavy atom. The van der Waals surface area contributed by atoms with Crippen LogP contribution >= 0.6 is 12.2 Å². The molecule has 90 valence electrons. The van der Waals surface area contributed by atoms with Gasteiger partial charge in [0, 0.05) is 46.1 Å². The van der Waals surface area contributed by atoms with Gasteiger partial charge in [0.25, 0.3) is 0 Å². The summed E-state index contributed by atoms with van der Waals surface area (Å²) in [6.07, 6.45) is 4.59. The molecule has 1 rings (SSSR count). The van der Waals surface area contributed by atoms with Crippen molar-refractivity contribution in [2.75, 3.05) is 26.8 Å². The van der Waals surface area contributed by atoms with Crippen LogP contribution in [-0.2, 0) is 18.2 Å². The van der Waals surface area contributed by atoms with Crippen LogP contribution in [0.25, 0.3) is 0 Å². The molecule has 0 spiro atoms. The van der Waals surface area contributed by atoms with E-state index in [2.05, 4.69) is 15.6 Å². The number of aromatic nitrogens is 2. The van der Waals surface area contributed by atoms with Crippen LogP contribution in [0.4, 0.5) is 0 Å². The number of imidazole rings is 1. The minimum atomic E-state index is 0.654. The van der Waals surface area contributed by atoms with E-state index in [0.29, 0.717) is 11.7 Å². The standard InChI is InChI=1S/C10H18N4OS/c1-14-7-5-11-9(14)3-4-12-10(16)13-6-8-15-2/h5,7H,3-4,6,8H2,1-2H3,(H2,12,13,16). The molecule has 0 saturated heterocycles. The van der Waals surface area contributed by atoms with E-state index in [4.69, 9.17) is 17.0 Å². The summed E-state index contributed by atoms with van der Waals surface area (Å²) in [6.45, 7) is 2.16. The number of aryl methyl sites for hydroxylation is 1. The molecule has 0 fully saturated rings. The number of thiocarbonyl (C=S) groups is 1. The molecule has 0 aliphatic heterocycles. The summed E-state index contributed by atoms with van der Waals surface area (Å²) in [5.74, 6) is 1.05. The molecular formula is C10H18N4OS. The molecule has 0 aliphatic rings. The Balaban J connectivity index is 2.11. The van der Waals surface area contributed by atoms with Gasteiger partial charge in [-0.25, -0.2) is 4.98 Å². The Morgan fingerprint density at radius 1 is 1.50 bits per heavy atom. The number of rotatable bonds is 6. The third kappa shape index (κ3) is 4.59. The third-order valence-corrected chi connectivity index (χ3v) is 2.44. The molecule has 6 heteroatoms. The third-order valence-electron chi connectivity index (χ3n) is 2.15. The zero-order valence-corrected chi connectivity index (χ0v) is 10.5. The molecule has 1 aromatic heterocycles. The molecule has 16 heavy (non-hydrogen) atoms. The van der Waals surface area contributed by atoms with Crippen LogP contribution < -0.4 is 10.6 Å². The first-order valence-corrected chi connectivity index (χ1v) is 5.61. The number of nitrogens with zero attached hydrogens (tertiary/aromatic N) is 2. The van der Waals surface area contributed by atoms with E-state index in [9.17, 15) is 0 Å². The molecule has 0 unspecified atom stereocenters. The molecule has 5 nitrogen and oxygen atoms in total. The molecule has 0 saturated carbocycles. The van der Waals surface area contributed by atoms with Gasteiger partial charge in [-0.2, -0.15) is 0 Å². The molecule has 0 aromatic carbocycles. The van der Waals surface area contributed by atoms with Gasteiger partial charge in [0.15, 0.2) is 5.11 Å². The molecule has 1 aromatic rings. The van der Waals surface area contributed by atoms with E-state index in [1.807, 2.05) is 17.8 Å². The average molecular weight is 242 g/mol. The van der Waals surface area contributed by atoms with Crippen LogP contribution in [0, 0.1) is 0 Å². The zero-order valence-electron chi connectivity index (χ0n) is 9.69. The van der Waals surface area contributed by atoms with Crippen molar-refractivity contribution in [3.63, 3.8) is 0 Å². The van der Waals surface area contributed by atoms with E-state index in [0.717, 1.165) is 25.3 Å². The smallest absolute Gasteiger partial charge is 0.166 e. The number of nitrogens with one attached hydrogen (secondary N) is 2. The normalized spacial score (nSPS) is 10.1. The Hall–Kier alpha value is -1.14. The fourth-order valence-corrected chi connectivity index (χ4v) is 1.46. The summed E-state index contributed by atoms with van der Waals surface area (Å²) in [5, 5.41) is 6.82. The van der Waals surface area contributed by atoms with Gasteiger partial charge in [-0.1, -0.05) is 0 Å². The Bertz CT molecular complexity index is 326. The molecule has 0 atom stereocenters. The largest absolute Gasteiger partial charge is 0.383 e. The second-order valence-electron chi connectivity index (χ2n) is 3.38. The first-order valence-electron chi connectivity index (χ1n) is 5.21. The van der Waals surface area contributed by atoms with Gasteiger partial charge in [-0.15, -0.1) is 0 Å². The van der Waals surface area contributed by atoms with Gasteiger partial charge in [0.2, 0.25) is 0 Å². The average Bonchev–Trinajstić information content (AvgIpc) is 2.65. The van der Waals surface area contributed by atoms with E-state index in [1.54, 1.807) is 13.3 Å². The monoisotopic (exact) mass is 242 g/mol. The zero-order chi connectivity index (χ0) is 11.8. The van der Waals surface area contributed by atoms with Crippen molar-refractivity contribution in [2.24, 2.45) is 7.05 Å². The molecule has 0 amide bonds. The second kappa shape index (κ2) is 7.19. The molecule has 1 heterocycles. The van der Waals surface area contributed by atoms with Crippen molar-refractivity contribution in [1.82, 2.24) is 20.2 Å². The lowest BCUT2D eigenvalue weighted by Gasteiger charge is -2.09. The van der Waals surface area contributed by atoms with Gasteiger partial charge >= 0.3 is 0 Å². The van der Waals surface area contributed by atoms with E-state index in [1.165, 1.54) is 0 Å². The van der Waals surface area contributed by atoms with Gasteiger partial charge in [-0.3, -0.25) is 0 Å². The first kappa shape index (κ1) is 12.9.